The third-order valence-electron chi connectivity index (χ3n) is 4.06. The highest BCUT2D eigenvalue weighted by Gasteiger charge is 2.20. The molecule has 0 aliphatic heterocycles. The highest BCUT2D eigenvalue weighted by Crippen LogP contribution is 2.38. The SMILES string of the molecule is Fc1ccc(-c2nn(-c3ccccc3)c(-c3ccc(F)cc3)c2Cl)cc1. The fourth-order valence-corrected chi connectivity index (χ4v) is 3.14. The maximum Gasteiger partial charge on any atom is 0.123 e. The first kappa shape index (κ1) is 16.5. The molecule has 4 rings (SSSR count). The minimum absolute atomic E-state index is 0.325. The first-order valence-corrected chi connectivity index (χ1v) is 8.37. The highest BCUT2D eigenvalue weighted by molar-refractivity contribution is 6.35. The molecule has 26 heavy (non-hydrogen) atoms. The van der Waals surface area contributed by atoms with Crippen molar-refractivity contribution in [1.82, 2.24) is 9.78 Å². The molecule has 0 fully saturated rings. The molecule has 5 heteroatoms. The summed E-state index contributed by atoms with van der Waals surface area (Å²) in [5.74, 6) is -0.652. The molecule has 0 aliphatic rings. The summed E-state index contributed by atoms with van der Waals surface area (Å²) in [6.07, 6.45) is 0. The zero-order valence-electron chi connectivity index (χ0n) is 13.5. The quantitative estimate of drug-likeness (QED) is 0.426. The smallest absolute Gasteiger partial charge is 0.123 e. The number of aromatic nitrogens is 2. The summed E-state index contributed by atoms with van der Waals surface area (Å²) in [5, 5.41) is 5.07. The van der Waals surface area contributed by atoms with Gasteiger partial charge < -0.3 is 0 Å². The summed E-state index contributed by atoms with van der Waals surface area (Å²) in [6, 6.07) is 21.6. The van der Waals surface area contributed by atoms with E-state index in [1.807, 2.05) is 30.3 Å². The van der Waals surface area contributed by atoms with Gasteiger partial charge in [0.2, 0.25) is 0 Å². The number of para-hydroxylation sites is 1. The zero-order chi connectivity index (χ0) is 18.1. The lowest BCUT2D eigenvalue weighted by atomic mass is 10.1. The van der Waals surface area contributed by atoms with Crippen molar-refractivity contribution in [3.05, 3.63) is 95.5 Å². The van der Waals surface area contributed by atoms with Crippen LogP contribution in [0.4, 0.5) is 8.78 Å². The van der Waals surface area contributed by atoms with Gasteiger partial charge in [0.15, 0.2) is 0 Å². The fourth-order valence-electron chi connectivity index (χ4n) is 2.80. The van der Waals surface area contributed by atoms with Gasteiger partial charge in [0.25, 0.3) is 0 Å². The van der Waals surface area contributed by atoms with Crippen LogP contribution in [-0.2, 0) is 0 Å². The van der Waals surface area contributed by atoms with Crippen LogP contribution >= 0.6 is 11.6 Å². The van der Waals surface area contributed by atoms with E-state index in [0.717, 1.165) is 11.3 Å². The molecule has 1 heterocycles. The molecule has 0 radical (unpaired) electrons. The van der Waals surface area contributed by atoms with E-state index in [2.05, 4.69) is 5.10 Å². The topological polar surface area (TPSA) is 17.8 Å². The molecule has 0 aliphatic carbocycles. The number of hydrogen-bond acceptors (Lipinski definition) is 1. The van der Waals surface area contributed by atoms with Gasteiger partial charge in [-0.15, -0.1) is 0 Å². The van der Waals surface area contributed by atoms with E-state index < -0.39 is 0 Å². The second-order valence-corrected chi connectivity index (χ2v) is 6.15. The number of rotatable bonds is 3. The van der Waals surface area contributed by atoms with E-state index >= 15 is 0 Å². The van der Waals surface area contributed by atoms with Gasteiger partial charge in [-0.05, 0) is 60.7 Å². The average Bonchev–Trinajstić information content (AvgIpc) is 3.01. The van der Waals surface area contributed by atoms with E-state index in [0.29, 0.717) is 22.0 Å². The average molecular weight is 367 g/mol. The molecule has 4 aromatic rings. The number of halogens is 3. The van der Waals surface area contributed by atoms with Crippen molar-refractivity contribution < 1.29 is 8.78 Å². The highest BCUT2D eigenvalue weighted by atomic mass is 35.5. The van der Waals surface area contributed by atoms with Crippen LogP contribution in [0.2, 0.25) is 5.02 Å². The Morgan fingerprint density at radius 1 is 0.692 bits per heavy atom. The van der Waals surface area contributed by atoms with Gasteiger partial charge in [-0.3, -0.25) is 0 Å². The number of benzene rings is 3. The van der Waals surface area contributed by atoms with Gasteiger partial charge in [-0.2, -0.15) is 5.10 Å². The van der Waals surface area contributed by atoms with Crippen molar-refractivity contribution in [2.45, 2.75) is 0 Å². The van der Waals surface area contributed by atoms with Gasteiger partial charge in [0.1, 0.15) is 17.3 Å². The summed E-state index contributed by atoms with van der Waals surface area (Å²) in [7, 11) is 0. The third-order valence-corrected chi connectivity index (χ3v) is 4.42. The Balaban J connectivity index is 1.96. The van der Waals surface area contributed by atoms with Crippen LogP contribution in [0.5, 0.6) is 0 Å². The molecule has 1 aromatic heterocycles. The molecule has 0 unspecified atom stereocenters. The molecule has 0 saturated heterocycles. The van der Waals surface area contributed by atoms with Gasteiger partial charge >= 0.3 is 0 Å². The number of hydrogen-bond donors (Lipinski definition) is 0. The standard InChI is InChI=1S/C21H13ClF2N2/c22-19-20(14-6-10-16(23)11-7-14)25-26(18-4-2-1-3-5-18)21(19)15-8-12-17(24)13-9-15/h1-13H. The molecule has 2 nitrogen and oxygen atoms in total. The molecule has 0 atom stereocenters. The Morgan fingerprint density at radius 3 is 1.81 bits per heavy atom. The zero-order valence-corrected chi connectivity index (χ0v) is 14.3. The minimum Gasteiger partial charge on any atom is -0.231 e. The van der Waals surface area contributed by atoms with Crippen LogP contribution in [0.3, 0.4) is 0 Å². The lowest BCUT2D eigenvalue weighted by Gasteiger charge is -2.08. The summed E-state index contributed by atoms with van der Waals surface area (Å²) in [5.41, 5.74) is 3.45. The Morgan fingerprint density at radius 2 is 1.23 bits per heavy atom. The van der Waals surface area contributed by atoms with E-state index in [-0.39, 0.29) is 11.6 Å². The van der Waals surface area contributed by atoms with Crippen LogP contribution in [0.25, 0.3) is 28.2 Å². The van der Waals surface area contributed by atoms with Gasteiger partial charge in [-0.25, -0.2) is 13.5 Å². The van der Waals surface area contributed by atoms with Crippen LogP contribution < -0.4 is 0 Å². The van der Waals surface area contributed by atoms with Crippen molar-refractivity contribution in [3.8, 4) is 28.2 Å². The molecule has 3 aromatic carbocycles. The number of nitrogens with zero attached hydrogens (tertiary/aromatic N) is 2. The minimum atomic E-state index is -0.328. The van der Waals surface area contributed by atoms with Crippen LogP contribution in [0.15, 0.2) is 78.9 Å². The van der Waals surface area contributed by atoms with E-state index in [4.69, 9.17) is 11.6 Å². The van der Waals surface area contributed by atoms with Gasteiger partial charge in [0.05, 0.1) is 16.4 Å². The predicted octanol–water partition coefficient (Wildman–Crippen LogP) is 6.14. The monoisotopic (exact) mass is 366 g/mol. The van der Waals surface area contributed by atoms with Crippen molar-refractivity contribution in [2.75, 3.05) is 0 Å². The normalized spacial score (nSPS) is 10.9. The Hall–Kier alpha value is -2.98. The van der Waals surface area contributed by atoms with Gasteiger partial charge in [0, 0.05) is 11.1 Å². The van der Waals surface area contributed by atoms with E-state index in [1.54, 1.807) is 28.9 Å². The molecule has 0 saturated carbocycles. The Bertz CT molecular complexity index is 1040. The molecule has 0 N–H and O–H groups in total. The molecular formula is C21H13ClF2N2. The van der Waals surface area contributed by atoms with Gasteiger partial charge in [-0.1, -0.05) is 29.8 Å². The Labute approximate surface area is 154 Å². The summed E-state index contributed by atoms with van der Waals surface area (Å²) < 4.78 is 28.3. The van der Waals surface area contributed by atoms with E-state index in [1.165, 1.54) is 24.3 Å². The summed E-state index contributed by atoms with van der Waals surface area (Å²) in [6.45, 7) is 0. The molecular weight excluding hydrogens is 354 g/mol. The fraction of sp³-hybridized carbons (Fsp3) is 0. The molecule has 0 amide bonds. The van der Waals surface area contributed by atoms with Crippen LogP contribution in [-0.4, -0.2) is 9.78 Å². The van der Waals surface area contributed by atoms with Crippen LogP contribution in [0, 0.1) is 11.6 Å². The largest absolute Gasteiger partial charge is 0.231 e. The Kier molecular flexibility index (Phi) is 4.27. The van der Waals surface area contributed by atoms with Crippen LogP contribution in [0.1, 0.15) is 0 Å². The predicted molar refractivity (Wildman–Crippen MR) is 99.4 cm³/mol. The van der Waals surface area contributed by atoms with Crippen molar-refractivity contribution in [3.63, 3.8) is 0 Å². The second kappa shape index (κ2) is 6.73. The van der Waals surface area contributed by atoms with Crippen molar-refractivity contribution in [1.29, 1.82) is 0 Å². The second-order valence-electron chi connectivity index (χ2n) is 5.77. The maximum atomic E-state index is 13.3. The van der Waals surface area contributed by atoms with Crippen molar-refractivity contribution >= 4 is 11.6 Å². The maximum absolute atomic E-state index is 13.3. The van der Waals surface area contributed by atoms with Crippen molar-refractivity contribution in [2.24, 2.45) is 0 Å². The first-order chi connectivity index (χ1) is 12.6. The summed E-state index contributed by atoms with van der Waals surface area (Å²) >= 11 is 6.66. The lowest BCUT2D eigenvalue weighted by molar-refractivity contribution is 0.627. The van der Waals surface area contributed by atoms with E-state index in [9.17, 15) is 8.78 Å². The first-order valence-electron chi connectivity index (χ1n) is 7.99. The third kappa shape index (κ3) is 3.00. The molecule has 0 bridgehead atoms. The summed E-state index contributed by atoms with van der Waals surface area (Å²) in [4.78, 5) is 0. The molecule has 128 valence electrons. The molecule has 0 spiro atoms. The lowest BCUT2D eigenvalue weighted by Crippen LogP contribution is -1.99.